The molecule has 102 valence electrons. The average Bonchev–Trinajstić information content (AvgIpc) is 2.82. The fourth-order valence-electron chi connectivity index (χ4n) is 2.19. The van der Waals surface area contributed by atoms with E-state index in [1.165, 1.54) is 4.88 Å². The summed E-state index contributed by atoms with van der Waals surface area (Å²) in [6.45, 7) is 4.80. The summed E-state index contributed by atoms with van der Waals surface area (Å²) in [6, 6.07) is 7.86. The van der Waals surface area contributed by atoms with Gasteiger partial charge in [-0.05, 0) is 38.1 Å². The number of benzene rings is 1. The molecule has 20 heavy (non-hydrogen) atoms. The van der Waals surface area contributed by atoms with E-state index < -0.39 is 0 Å². The van der Waals surface area contributed by atoms with Gasteiger partial charge < -0.3 is 11.1 Å². The number of aromatic nitrogens is 2. The lowest BCUT2D eigenvalue weighted by molar-refractivity contribution is 1.12. The predicted molar refractivity (Wildman–Crippen MR) is 85.1 cm³/mol. The number of fused-ring (bicyclic) bond motifs is 1. The molecule has 0 saturated carbocycles. The normalized spacial score (nSPS) is 10.9. The Morgan fingerprint density at radius 1 is 1.25 bits per heavy atom. The molecule has 1 aromatic carbocycles. The van der Waals surface area contributed by atoms with Crippen LogP contribution in [-0.4, -0.2) is 9.97 Å². The SMILES string of the molecule is Cc1cc(NCc2scnc2C)c2cc(N)ccc2n1. The van der Waals surface area contributed by atoms with Gasteiger partial charge in [0.1, 0.15) is 0 Å². The molecule has 0 aliphatic heterocycles. The van der Waals surface area contributed by atoms with Crippen molar-refractivity contribution in [1.29, 1.82) is 0 Å². The molecule has 2 aromatic heterocycles. The molecule has 5 heteroatoms. The van der Waals surface area contributed by atoms with Gasteiger partial charge in [-0.2, -0.15) is 0 Å². The molecular formula is C15H16N4S. The molecule has 0 saturated heterocycles. The highest BCUT2D eigenvalue weighted by molar-refractivity contribution is 7.09. The molecule has 0 radical (unpaired) electrons. The maximum absolute atomic E-state index is 5.88. The highest BCUT2D eigenvalue weighted by Crippen LogP contribution is 2.26. The highest BCUT2D eigenvalue weighted by atomic mass is 32.1. The molecule has 3 aromatic rings. The zero-order chi connectivity index (χ0) is 14.1. The van der Waals surface area contributed by atoms with Gasteiger partial charge in [0.05, 0.1) is 23.3 Å². The zero-order valence-corrected chi connectivity index (χ0v) is 12.3. The minimum absolute atomic E-state index is 0.750. The Bertz CT molecular complexity index is 764. The van der Waals surface area contributed by atoms with E-state index in [1.807, 2.05) is 37.6 Å². The van der Waals surface area contributed by atoms with Crippen molar-refractivity contribution in [2.45, 2.75) is 20.4 Å². The number of aryl methyl sites for hydroxylation is 2. The highest BCUT2D eigenvalue weighted by Gasteiger charge is 2.06. The lowest BCUT2D eigenvalue weighted by Gasteiger charge is -2.11. The van der Waals surface area contributed by atoms with Gasteiger partial charge >= 0.3 is 0 Å². The maximum Gasteiger partial charge on any atom is 0.0798 e. The monoisotopic (exact) mass is 284 g/mol. The van der Waals surface area contributed by atoms with Crippen LogP contribution in [0.4, 0.5) is 11.4 Å². The van der Waals surface area contributed by atoms with Gasteiger partial charge in [0.15, 0.2) is 0 Å². The van der Waals surface area contributed by atoms with Crippen LogP contribution in [0.25, 0.3) is 10.9 Å². The van der Waals surface area contributed by atoms with Crippen molar-refractivity contribution >= 4 is 33.6 Å². The third-order valence-corrected chi connectivity index (χ3v) is 4.18. The molecule has 0 bridgehead atoms. The van der Waals surface area contributed by atoms with Gasteiger partial charge in [0.2, 0.25) is 0 Å². The van der Waals surface area contributed by atoms with E-state index in [-0.39, 0.29) is 0 Å². The molecule has 2 heterocycles. The smallest absolute Gasteiger partial charge is 0.0798 e. The van der Waals surface area contributed by atoms with Crippen molar-refractivity contribution in [3.05, 3.63) is 46.0 Å². The van der Waals surface area contributed by atoms with E-state index in [2.05, 4.69) is 21.4 Å². The fraction of sp³-hybridized carbons (Fsp3) is 0.200. The lowest BCUT2D eigenvalue weighted by Crippen LogP contribution is -2.01. The third kappa shape index (κ3) is 2.44. The van der Waals surface area contributed by atoms with E-state index in [4.69, 9.17) is 5.73 Å². The van der Waals surface area contributed by atoms with E-state index in [0.29, 0.717) is 0 Å². The Morgan fingerprint density at radius 3 is 2.85 bits per heavy atom. The summed E-state index contributed by atoms with van der Waals surface area (Å²) in [6.07, 6.45) is 0. The van der Waals surface area contributed by atoms with Crippen LogP contribution in [0.15, 0.2) is 29.8 Å². The second kappa shape index (κ2) is 5.09. The van der Waals surface area contributed by atoms with E-state index in [0.717, 1.165) is 40.2 Å². The largest absolute Gasteiger partial charge is 0.399 e. The number of hydrogen-bond acceptors (Lipinski definition) is 5. The van der Waals surface area contributed by atoms with Gasteiger partial charge in [-0.15, -0.1) is 11.3 Å². The minimum Gasteiger partial charge on any atom is -0.399 e. The Kier molecular flexibility index (Phi) is 3.28. The van der Waals surface area contributed by atoms with E-state index >= 15 is 0 Å². The van der Waals surface area contributed by atoms with E-state index in [9.17, 15) is 0 Å². The quantitative estimate of drug-likeness (QED) is 0.722. The van der Waals surface area contributed by atoms with Crippen molar-refractivity contribution in [2.75, 3.05) is 11.1 Å². The van der Waals surface area contributed by atoms with Crippen LogP contribution in [0.1, 0.15) is 16.3 Å². The van der Waals surface area contributed by atoms with Crippen molar-refractivity contribution in [3.8, 4) is 0 Å². The standard InChI is InChI=1S/C15H16N4S/c1-9-5-14(17-7-15-10(2)18-8-20-15)12-6-11(16)3-4-13(12)19-9/h3-6,8H,7,16H2,1-2H3,(H,17,19). The summed E-state index contributed by atoms with van der Waals surface area (Å²) in [5.41, 5.74) is 12.6. The number of rotatable bonds is 3. The van der Waals surface area contributed by atoms with Crippen molar-refractivity contribution in [1.82, 2.24) is 9.97 Å². The third-order valence-electron chi connectivity index (χ3n) is 3.25. The molecule has 0 unspecified atom stereocenters. The molecule has 4 nitrogen and oxygen atoms in total. The Morgan fingerprint density at radius 2 is 2.10 bits per heavy atom. The Balaban J connectivity index is 1.98. The van der Waals surface area contributed by atoms with Crippen LogP contribution >= 0.6 is 11.3 Å². The maximum atomic E-state index is 5.88. The number of nitrogens with one attached hydrogen (secondary N) is 1. The Hall–Kier alpha value is -2.14. The molecule has 3 rings (SSSR count). The van der Waals surface area contributed by atoms with Gasteiger partial charge in [-0.25, -0.2) is 4.98 Å². The molecule has 0 amide bonds. The van der Waals surface area contributed by atoms with Crippen LogP contribution in [0.2, 0.25) is 0 Å². The van der Waals surface area contributed by atoms with Gasteiger partial charge in [-0.3, -0.25) is 4.98 Å². The average molecular weight is 284 g/mol. The number of hydrogen-bond donors (Lipinski definition) is 2. The first kappa shape index (κ1) is 12.9. The summed E-state index contributed by atoms with van der Waals surface area (Å²) in [4.78, 5) is 10.1. The van der Waals surface area contributed by atoms with Crippen molar-refractivity contribution in [2.24, 2.45) is 0 Å². The second-order valence-electron chi connectivity index (χ2n) is 4.80. The van der Waals surface area contributed by atoms with Gasteiger partial charge in [0, 0.05) is 27.3 Å². The van der Waals surface area contributed by atoms with Crippen molar-refractivity contribution in [3.63, 3.8) is 0 Å². The molecule has 0 atom stereocenters. The minimum atomic E-state index is 0.750. The summed E-state index contributed by atoms with van der Waals surface area (Å²) >= 11 is 1.67. The molecule has 0 fully saturated rings. The first-order valence-electron chi connectivity index (χ1n) is 6.43. The van der Waals surface area contributed by atoms with Crippen LogP contribution < -0.4 is 11.1 Å². The number of nitrogen functional groups attached to an aromatic ring is 1. The van der Waals surface area contributed by atoms with Crippen LogP contribution in [-0.2, 0) is 6.54 Å². The molecule has 0 aliphatic carbocycles. The number of nitrogens with zero attached hydrogens (tertiary/aromatic N) is 2. The number of thiazole rings is 1. The zero-order valence-electron chi connectivity index (χ0n) is 11.5. The molecule has 3 N–H and O–H groups in total. The summed E-state index contributed by atoms with van der Waals surface area (Å²) < 4.78 is 0. The van der Waals surface area contributed by atoms with Gasteiger partial charge in [0.25, 0.3) is 0 Å². The second-order valence-corrected chi connectivity index (χ2v) is 5.74. The molecular weight excluding hydrogens is 268 g/mol. The Labute approximate surface area is 121 Å². The fourth-order valence-corrected chi connectivity index (χ4v) is 2.91. The first-order valence-corrected chi connectivity index (χ1v) is 7.31. The summed E-state index contributed by atoms with van der Waals surface area (Å²) in [5, 5.41) is 4.53. The summed E-state index contributed by atoms with van der Waals surface area (Å²) in [7, 11) is 0. The van der Waals surface area contributed by atoms with Crippen LogP contribution in [0.3, 0.4) is 0 Å². The van der Waals surface area contributed by atoms with Crippen LogP contribution in [0.5, 0.6) is 0 Å². The topological polar surface area (TPSA) is 63.8 Å². The number of anilines is 2. The van der Waals surface area contributed by atoms with Crippen molar-refractivity contribution < 1.29 is 0 Å². The van der Waals surface area contributed by atoms with E-state index in [1.54, 1.807) is 11.3 Å². The number of pyridine rings is 1. The van der Waals surface area contributed by atoms with Gasteiger partial charge in [-0.1, -0.05) is 0 Å². The first-order chi connectivity index (χ1) is 9.63. The summed E-state index contributed by atoms with van der Waals surface area (Å²) in [5.74, 6) is 0. The molecule has 0 aliphatic rings. The predicted octanol–water partition coefficient (Wildman–Crippen LogP) is 3.50. The molecule has 0 spiro atoms. The lowest BCUT2D eigenvalue weighted by atomic mass is 10.1. The number of nitrogens with two attached hydrogens (primary N) is 1. The van der Waals surface area contributed by atoms with Crippen LogP contribution in [0, 0.1) is 13.8 Å².